The molecule has 0 bridgehead atoms. The van der Waals surface area contributed by atoms with Gasteiger partial charge in [-0.25, -0.2) is 0 Å². The van der Waals surface area contributed by atoms with E-state index in [1.165, 1.54) is 16.2 Å². The highest BCUT2D eigenvalue weighted by Gasteiger charge is 2.36. The van der Waals surface area contributed by atoms with Crippen LogP contribution in [0.2, 0.25) is 0 Å². The number of hydrogen-bond donors (Lipinski definition) is 1. The van der Waals surface area contributed by atoms with Gasteiger partial charge in [-0.2, -0.15) is 0 Å². The fraction of sp³-hybridized carbons (Fsp3) is 0.692. The van der Waals surface area contributed by atoms with Gasteiger partial charge in [0.15, 0.2) is 0 Å². The molecule has 1 aliphatic rings. The molecule has 0 aliphatic heterocycles. The summed E-state index contributed by atoms with van der Waals surface area (Å²) in [7, 11) is 0. The molecule has 1 saturated carbocycles. The summed E-state index contributed by atoms with van der Waals surface area (Å²) in [5.41, 5.74) is 6.52. The third-order valence-electron chi connectivity index (χ3n) is 3.93. The van der Waals surface area contributed by atoms with Crippen LogP contribution in [0.3, 0.4) is 0 Å². The molecule has 3 atom stereocenters. The lowest BCUT2D eigenvalue weighted by atomic mass is 9.71. The molecule has 0 amide bonds. The largest absolute Gasteiger partial charge is 0.321 e. The summed E-state index contributed by atoms with van der Waals surface area (Å²) in [6, 6.07) is 4.42. The van der Waals surface area contributed by atoms with Gasteiger partial charge in [-0.3, -0.25) is 0 Å². The van der Waals surface area contributed by atoms with E-state index in [1.54, 1.807) is 0 Å². The van der Waals surface area contributed by atoms with Crippen LogP contribution < -0.4 is 5.73 Å². The fourth-order valence-electron chi connectivity index (χ4n) is 2.57. The lowest BCUT2D eigenvalue weighted by Gasteiger charge is -2.39. The predicted molar refractivity (Wildman–Crippen MR) is 67.1 cm³/mol. The molecule has 2 rings (SSSR count). The van der Waals surface area contributed by atoms with E-state index in [0.717, 1.165) is 24.7 Å². The Balaban J connectivity index is 2.20. The summed E-state index contributed by atoms with van der Waals surface area (Å²) < 4.78 is 0. The number of rotatable bonds is 1. The first kappa shape index (κ1) is 11.2. The fourth-order valence-corrected chi connectivity index (χ4v) is 3.58. The van der Waals surface area contributed by atoms with Crippen molar-refractivity contribution in [3.8, 4) is 0 Å². The lowest BCUT2D eigenvalue weighted by molar-refractivity contribution is 0.180. The van der Waals surface area contributed by atoms with E-state index < -0.39 is 0 Å². The van der Waals surface area contributed by atoms with Crippen molar-refractivity contribution < 1.29 is 0 Å². The lowest BCUT2D eigenvalue weighted by Crippen LogP contribution is -2.42. The van der Waals surface area contributed by atoms with E-state index in [9.17, 15) is 0 Å². The molecule has 0 radical (unpaired) electrons. The van der Waals surface area contributed by atoms with Crippen LogP contribution in [-0.2, 0) is 5.54 Å². The van der Waals surface area contributed by atoms with Gasteiger partial charge in [0.2, 0.25) is 0 Å². The van der Waals surface area contributed by atoms with E-state index in [2.05, 4.69) is 32.9 Å². The second-order valence-electron chi connectivity index (χ2n) is 5.26. The zero-order valence-corrected chi connectivity index (χ0v) is 10.7. The molecule has 1 heterocycles. The molecule has 15 heavy (non-hydrogen) atoms. The molecule has 1 aromatic heterocycles. The number of aryl methyl sites for hydroxylation is 1. The summed E-state index contributed by atoms with van der Waals surface area (Å²) in [6.45, 7) is 6.85. The van der Waals surface area contributed by atoms with E-state index >= 15 is 0 Å². The number of hydrogen-bond acceptors (Lipinski definition) is 2. The number of nitrogens with two attached hydrogens (primary N) is 1. The summed E-state index contributed by atoms with van der Waals surface area (Å²) in [5, 5.41) is 0. The first-order chi connectivity index (χ1) is 7.01. The zero-order chi connectivity index (χ0) is 11.1. The SMILES string of the molecule is Cc1ccc(C2(N)CCC(C)C(C)C2)s1. The van der Waals surface area contributed by atoms with Gasteiger partial charge in [-0.15, -0.1) is 11.3 Å². The highest BCUT2D eigenvalue weighted by Crippen LogP contribution is 2.42. The quantitative estimate of drug-likeness (QED) is 0.772. The average Bonchev–Trinajstić information content (AvgIpc) is 2.60. The van der Waals surface area contributed by atoms with Crippen molar-refractivity contribution in [3.63, 3.8) is 0 Å². The van der Waals surface area contributed by atoms with Crippen molar-refractivity contribution >= 4 is 11.3 Å². The Morgan fingerprint density at radius 2 is 2.07 bits per heavy atom. The van der Waals surface area contributed by atoms with Crippen LogP contribution in [0.25, 0.3) is 0 Å². The second-order valence-corrected chi connectivity index (χ2v) is 6.55. The van der Waals surface area contributed by atoms with Crippen LogP contribution in [0, 0.1) is 18.8 Å². The van der Waals surface area contributed by atoms with E-state index in [4.69, 9.17) is 5.73 Å². The first-order valence-electron chi connectivity index (χ1n) is 5.87. The minimum Gasteiger partial charge on any atom is -0.321 e. The topological polar surface area (TPSA) is 26.0 Å². The van der Waals surface area contributed by atoms with Crippen LogP contribution in [0.1, 0.15) is 42.9 Å². The summed E-state index contributed by atoms with van der Waals surface area (Å²) in [5.74, 6) is 1.59. The minimum atomic E-state index is -0.0369. The van der Waals surface area contributed by atoms with Gasteiger partial charge in [-0.1, -0.05) is 13.8 Å². The molecule has 0 spiro atoms. The van der Waals surface area contributed by atoms with Crippen molar-refractivity contribution in [2.75, 3.05) is 0 Å². The summed E-state index contributed by atoms with van der Waals surface area (Å²) in [4.78, 5) is 2.76. The molecule has 1 fully saturated rings. The first-order valence-corrected chi connectivity index (χ1v) is 6.69. The Morgan fingerprint density at radius 3 is 2.60 bits per heavy atom. The molecular weight excluding hydrogens is 202 g/mol. The molecular formula is C13H21NS. The van der Waals surface area contributed by atoms with Crippen LogP contribution in [0.5, 0.6) is 0 Å². The monoisotopic (exact) mass is 223 g/mol. The molecule has 2 N–H and O–H groups in total. The van der Waals surface area contributed by atoms with Gasteiger partial charge in [0.1, 0.15) is 0 Å². The van der Waals surface area contributed by atoms with Crippen molar-refractivity contribution in [2.24, 2.45) is 17.6 Å². The summed E-state index contributed by atoms with van der Waals surface area (Å²) in [6.07, 6.45) is 3.57. The Bertz CT molecular complexity index is 344. The normalized spacial score (nSPS) is 36.8. The minimum absolute atomic E-state index is 0.0369. The molecule has 0 aromatic carbocycles. The maximum atomic E-state index is 6.56. The van der Waals surface area contributed by atoms with Gasteiger partial charge in [0.05, 0.1) is 5.54 Å². The third kappa shape index (κ3) is 2.11. The van der Waals surface area contributed by atoms with Gasteiger partial charge in [0.25, 0.3) is 0 Å². The Kier molecular flexibility index (Phi) is 2.91. The number of thiophene rings is 1. The van der Waals surface area contributed by atoms with Crippen molar-refractivity contribution in [3.05, 3.63) is 21.9 Å². The Morgan fingerprint density at radius 1 is 1.33 bits per heavy atom. The molecule has 1 aromatic rings. The van der Waals surface area contributed by atoms with Crippen LogP contribution >= 0.6 is 11.3 Å². The highest BCUT2D eigenvalue weighted by atomic mass is 32.1. The molecule has 2 heteroatoms. The van der Waals surface area contributed by atoms with E-state index in [-0.39, 0.29) is 5.54 Å². The highest BCUT2D eigenvalue weighted by molar-refractivity contribution is 7.12. The maximum absolute atomic E-state index is 6.56. The maximum Gasteiger partial charge on any atom is 0.0506 e. The zero-order valence-electron chi connectivity index (χ0n) is 9.92. The smallest absolute Gasteiger partial charge is 0.0506 e. The van der Waals surface area contributed by atoms with E-state index in [0.29, 0.717) is 0 Å². The van der Waals surface area contributed by atoms with Gasteiger partial charge >= 0.3 is 0 Å². The second kappa shape index (κ2) is 3.91. The van der Waals surface area contributed by atoms with Gasteiger partial charge in [0, 0.05) is 9.75 Å². The molecule has 0 saturated heterocycles. The van der Waals surface area contributed by atoms with Crippen molar-refractivity contribution in [1.82, 2.24) is 0 Å². The van der Waals surface area contributed by atoms with Crippen molar-refractivity contribution in [1.29, 1.82) is 0 Å². The molecule has 84 valence electrons. The third-order valence-corrected chi connectivity index (χ3v) is 5.16. The van der Waals surface area contributed by atoms with Gasteiger partial charge < -0.3 is 5.73 Å². The van der Waals surface area contributed by atoms with E-state index in [1.807, 2.05) is 11.3 Å². The van der Waals surface area contributed by atoms with Crippen LogP contribution in [-0.4, -0.2) is 0 Å². The summed E-state index contributed by atoms with van der Waals surface area (Å²) >= 11 is 1.87. The Hall–Kier alpha value is -0.340. The molecule has 1 aliphatic carbocycles. The van der Waals surface area contributed by atoms with Crippen molar-refractivity contribution in [2.45, 2.75) is 45.6 Å². The predicted octanol–water partition coefficient (Wildman–Crippen LogP) is 3.67. The standard InChI is InChI=1S/C13H21NS/c1-9-6-7-13(14,8-10(9)2)12-5-4-11(3)15-12/h4-5,9-10H,6-8,14H2,1-3H3. The average molecular weight is 223 g/mol. The molecule has 3 unspecified atom stereocenters. The van der Waals surface area contributed by atoms with Crippen LogP contribution in [0.15, 0.2) is 12.1 Å². The van der Waals surface area contributed by atoms with Gasteiger partial charge in [-0.05, 0) is 50.2 Å². The molecule has 1 nitrogen and oxygen atoms in total. The van der Waals surface area contributed by atoms with Crippen LogP contribution in [0.4, 0.5) is 0 Å². The Labute approximate surface area is 96.7 Å².